The monoisotopic (exact) mass is 446 g/mol. The molecule has 1 aliphatic rings. The highest BCUT2D eigenvalue weighted by atomic mass is 32.2. The van der Waals surface area contributed by atoms with Gasteiger partial charge in [-0.05, 0) is 79.0 Å². The van der Waals surface area contributed by atoms with E-state index in [1.54, 1.807) is 24.3 Å². The number of Topliss-reactive ketones (excluding diaryl/α,β-unsaturated/α-hetero) is 1. The molecule has 0 spiro atoms. The van der Waals surface area contributed by atoms with Gasteiger partial charge in [0.05, 0.1) is 10.2 Å². The molecule has 162 valence electrons. The molecule has 0 radical (unpaired) electrons. The summed E-state index contributed by atoms with van der Waals surface area (Å²) in [7, 11) is 0. The normalized spacial score (nSPS) is 16.8. The highest BCUT2D eigenvalue weighted by Crippen LogP contribution is 2.49. The third kappa shape index (κ3) is 7.25. The number of phenolic OH excluding ortho intramolecular Hbond substituents is 2. The Kier molecular flexibility index (Phi) is 8.54. The quantitative estimate of drug-likeness (QED) is 0.480. The number of carbonyl (C=O) groups is 1. The molecule has 0 aromatic heterocycles. The summed E-state index contributed by atoms with van der Waals surface area (Å²) in [6.45, 7) is 0. The Morgan fingerprint density at radius 2 is 1.43 bits per heavy atom. The lowest BCUT2D eigenvalue weighted by molar-refractivity contribution is -0.121. The zero-order valence-corrected chi connectivity index (χ0v) is 18.8. The smallest absolute Gasteiger partial charge is 0.135 e. The minimum absolute atomic E-state index is 0.0627. The lowest BCUT2D eigenvalue weighted by Crippen LogP contribution is -2.32. The maximum atomic E-state index is 12.4. The molecule has 2 aromatic carbocycles. The van der Waals surface area contributed by atoms with Gasteiger partial charge in [-0.1, -0.05) is 24.3 Å². The number of hydrogen-bond donors (Lipinski definition) is 3. The number of aryl methyl sites for hydroxylation is 2. The van der Waals surface area contributed by atoms with Gasteiger partial charge in [0, 0.05) is 12.8 Å². The van der Waals surface area contributed by atoms with Gasteiger partial charge in [-0.15, -0.1) is 23.5 Å². The van der Waals surface area contributed by atoms with E-state index in [9.17, 15) is 20.1 Å². The van der Waals surface area contributed by atoms with E-state index in [4.69, 9.17) is 0 Å². The summed E-state index contributed by atoms with van der Waals surface area (Å²) in [5.41, 5.74) is 2.19. The molecular formula is C24H30O4S2. The number of phenols is 2. The van der Waals surface area contributed by atoms with Gasteiger partial charge < -0.3 is 15.3 Å². The Bertz CT molecular complexity index is 799. The molecule has 2 aromatic rings. The molecule has 0 bridgehead atoms. The maximum Gasteiger partial charge on any atom is 0.135 e. The van der Waals surface area contributed by atoms with Crippen molar-refractivity contribution in [3.8, 4) is 11.5 Å². The van der Waals surface area contributed by atoms with Crippen LogP contribution in [-0.2, 0) is 17.6 Å². The number of aliphatic hydroxyl groups is 1. The largest absolute Gasteiger partial charge is 0.508 e. The van der Waals surface area contributed by atoms with Crippen LogP contribution in [0.25, 0.3) is 0 Å². The molecular weight excluding hydrogens is 416 g/mol. The first-order chi connectivity index (χ1) is 14.4. The molecule has 4 nitrogen and oxygen atoms in total. The highest BCUT2D eigenvalue weighted by Gasteiger charge is 2.36. The zero-order chi connectivity index (χ0) is 21.4. The van der Waals surface area contributed by atoms with E-state index in [0.717, 1.165) is 29.9 Å². The Balaban J connectivity index is 1.51. The van der Waals surface area contributed by atoms with Crippen LogP contribution in [0.5, 0.6) is 11.5 Å². The van der Waals surface area contributed by atoms with Crippen molar-refractivity contribution in [1.82, 2.24) is 0 Å². The van der Waals surface area contributed by atoms with Gasteiger partial charge in [0.1, 0.15) is 17.3 Å². The second-order valence-corrected chi connectivity index (χ2v) is 11.1. The van der Waals surface area contributed by atoms with Crippen molar-refractivity contribution in [3.05, 3.63) is 59.7 Å². The number of thioether (sulfide) groups is 2. The molecule has 30 heavy (non-hydrogen) atoms. The molecule has 0 amide bonds. The molecule has 3 rings (SSSR count). The molecule has 1 unspecified atom stereocenters. The van der Waals surface area contributed by atoms with Crippen LogP contribution in [0.1, 0.15) is 43.2 Å². The van der Waals surface area contributed by atoms with Crippen LogP contribution in [0, 0.1) is 0 Å². The summed E-state index contributed by atoms with van der Waals surface area (Å²) in [5.74, 6) is 2.75. The van der Waals surface area contributed by atoms with E-state index in [0.29, 0.717) is 19.3 Å². The van der Waals surface area contributed by atoms with E-state index in [2.05, 4.69) is 0 Å². The topological polar surface area (TPSA) is 77.8 Å². The van der Waals surface area contributed by atoms with Gasteiger partial charge in [0.2, 0.25) is 0 Å². The lowest BCUT2D eigenvalue weighted by atomic mass is 9.99. The predicted molar refractivity (Wildman–Crippen MR) is 125 cm³/mol. The highest BCUT2D eigenvalue weighted by molar-refractivity contribution is 8.18. The van der Waals surface area contributed by atoms with Crippen molar-refractivity contribution in [3.63, 3.8) is 0 Å². The van der Waals surface area contributed by atoms with Crippen LogP contribution in [0.3, 0.4) is 0 Å². The summed E-state index contributed by atoms with van der Waals surface area (Å²) in [4.78, 5) is 12.4. The first kappa shape index (κ1) is 23.0. The fourth-order valence-electron chi connectivity index (χ4n) is 3.72. The van der Waals surface area contributed by atoms with Crippen molar-refractivity contribution >= 4 is 29.3 Å². The van der Waals surface area contributed by atoms with E-state index >= 15 is 0 Å². The Morgan fingerprint density at radius 3 is 2.00 bits per heavy atom. The van der Waals surface area contributed by atoms with Crippen molar-refractivity contribution in [2.45, 2.75) is 55.1 Å². The van der Waals surface area contributed by atoms with Crippen molar-refractivity contribution in [1.29, 1.82) is 0 Å². The molecule has 0 saturated carbocycles. The minimum atomic E-state index is -0.629. The lowest BCUT2D eigenvalue weighted by Gasteiger charge is -2.37. The first-order valence-electron chi connectivity index (χ1n) is 10.5. The molecule has 6 heteroatoms. The second kappa shape index (κ2) is 11.1. The zero-order valence-electron chi connectivity index (χ0n) is 17.1. The van der Waals surface area contributed by atoms with Crippen LogP contribution in [0.2, 0.25) is 0 Å². The summed E-state index contributed by atoms with van der Waals surface area (Å²) >= 11 is 3.84. The Labute approximate surface area is 187 Å². The van der Waals surface area contributed by atoms with E-state index < -0.39 is 6.10 Å². The average molecular weight is 447 g/mol. The molecule has 1 saturated heterocycles. The number of rotatable bonds is 10. The molecule has 1 aliphatic heterocycles. The Hall–Kier alpha value is -1.63. The van der Waals surface area contributed by atoms with Gasteiger partial charge in [-0.2, -0.15) is 0 Å². The third-order valence-electron chi connectivity index (χ3n) is 5.39. The number of ketones is 1. The number of aliphatic hydroxyl groups excluding tert-OH is 1. The summed E-state index contributed by atoms with van der Waals surface area (Å²) < 4.78 is -0.0627. The number of carbonyl (C=O) groups excluding carboxylic acids is 1. The molecule has 1 heterocycles. The number of aromatic hydroxyl groups is 2. The fourth-order valence-corrected chi connectivity index (χ4v) is 7.17. The number of hydrogen-bond acceptors (Lipinski definition) is 6. The van der Waals surface area contributed by atoms with Crippen molar-refractivity contribution < 1.29 is 20.1 Å². The van der Waals surface area contributed by atoms with Gasteiger partial charge >= 0.3 is 0 Å². The van der Waals surface area contributed by atoms with Crippen LogP contribution >= 0.6 is 23.5 Å². The summed E-state index contributed by atoms with van der Waals surface area (Å²) in [5, 5.41) is 29.5. The standard InChI is InChI=1S/C24H30O4S2/c25-20-7-2-18(3-8-20)6-11-22(27)16-23(28)17-24(29-14-1-15-30-24)13-12-19-4-9-21(26)10-5-19/h2-5,7-10,23,25-26,28H,1,6,11-17H2. The fraction of sp³-hybridized carbons (Fsp3) is 0.458. The SMILES string of the molecule is O=C(CCc1ccc(O)cc1)CC(O)CC1(CCc2ccc(O)cc2)SCCCS1. The maximum absolute atomic E-state index is 12.4. The first-order valence-corrected chi connectivity index (χ1v) is 12.4. The molecule has 1 atom stereocenters. The summed E-state index contributed by atoms with van der Waals surface area (Å²) in [6, 6.07) is 14.2. The predicted octanol–water partition coefficient (Wildman–Crippen LogP) is 4.94. The summed E-state index contributed by atoms with van der Waals surface area (Å²) in [6.07, 6.45) is 4.22. The van der Waals surface area contributed by atoms with Crippen molar-refractivity contribution in [2.75, 3.05) is 11.5 Å². The van der Waals surface area contributed by atoms with Crippen LogP contribution in [0.15, 0.2) is 48.5 Å². The second-order valence-electron chi connectivity index (χ2n) is 7.89. The van der Waals surface area contributed by atoms with E-state index in [1.165, 1.54) is 12.0 Å². The molecule has 3 N–H and O–H groups in total. The molecule has 1 fully saturated rings. The van der Waals surface area contributed by atoms with Gasteiger partial charge in [0.25, 0.3) is 0 Å². The van der Waals surface area contributed by atoms with Crippen LogP contribution < -0.4 is 0 Å². The van der Waals surface area contributed by atoms with Crippen LogP contribution in [-0.4, -0.2) is 42.8 Å². The third-order valence-corrected chi connectivity index (χ3v) is 8.88. The molecule has 0 aliphatic carbocycles. The van der Waals surface area contributed by atoms with Crippen molar-refractivity contribution in [2.24, 2.45) is 0 Å². The average Bonchev–Trinajstić information content (AvgIpc) is 2.73. The van der Waals surface area contributed by atoms with Gasteiger partial charge in [-0.3, -0.25) is 4.79 Å². The van der Waals surface area contributed by atoms with Gasteiger partial charge in [-0.25, -0.2) is 0 Å². The Morgan fingerprint density at radius 1 is 0.900 bits per heavy atom. The van der Waals surface area contributed by atoms with Gasteiger partial charge in [0.15, 0.2) is 0 Å². The minimum Gasteiger partial charge on any atom is -0.508 e. The van der Waals surface area contributed by atoms with Crippen LogP contribution in [0.4, 0.5) is 0 Å². The number of benzene rings is 2. The van der Waals surface area contributed by atoms with E-state index in [-0.39, 0.29) is 27.8 Å². The van der Waals surface area contributed by atoms with E-state index in [1.807, 2.05) is 47.8 Å².